The summed E-state index contributed by atoms with van der Waals surface area (Å²) in [6, 6.07) is 39.8. The van der Waals surface area contributed by atoms with Crippen molar-refractivity contribution in [3.8, 4) is 45.3 Å². The molecule has 2 aromatic heterocycles. The van der Waals surface area contributed by atoms with Crippen LogP contribution in [0, 0.1) is 5.92 Å². The molecule has 2 unspecified atom stereocenters. The molecule has 2 heterocycles. The molecule has 0 bridgehead atoms. The molecule has 0 fully saturated rings. The summed E-state index contributed by atoms with van der Waals surface area (Å²) in [5.74, 6) is 2.90. The Kier molecular flexibility index (Phi) is 6.05. The largest absolute Gasteiger partial charge is 0.456 e. The summed E-state index contributed by atoms with van der Waals surface area (Å²) in [4.78, 5) is 15.3. The van der Waals surface area contributed by atoms with E-state index in [-0.39, 0.29) is 0 Å². The summed E-state index contributed by atoms with van der Waals surface area (Å²) < 4.78 is 6.44. The van der Waals surface area contributed by atoms with Crippen molar-refractivity contribution in [1.29, 1.82) is 0 Å². The highest BCUT2D eigenvalue weighted by Gasteiger charge is 2.27. The predicted octanol–water partition coefficient (Wildman–Crippen LogP) is 10.5. The Hall–Kier alpha value is -5.61. The van der Waals surface area contributed by atoms with Gasteiger partial charge in [0.1, 0.15) is 11.2 Å². The third kappa shape index (κ3) is 4.49. The van der Waals surface area contributed by atoms with Crippen molar-refractivity contribution in [2.75, 3.05) is 0 Å². The number of fused-ring (bicyclic) bond motifs is 6. The third-order valence-electron chi connectivity index (χ3n) is 9.22. The zero-order valence-corrected chi connectivity index (χ0v) is 24.6. The smallest absolute Gasteiger partial charge is 0.164 e. The molecule has 214 valence electrons. The second kappa shape index (κ2) is 10.5. The summed E-state index contributed by atoms with van der Waals surface area (Å²) in [6.07, 6.45) is 11.5. The molecule has 0 amide bonds. The Labute approximate surface area is 261 Å². The van der Waals surface area contributed by atoms with Crippen LogP contribution in [0.2, 0.25) is 0 Å². The van der Waals surface area contributed by atoms with Gasteiger partial charge in [-0.15, -0.1) is 0 Å². The highest BCUT2D eigenvalue weighted by atomic mass is 16.3. The van der Waals surface area contributed by atoms with Gasteiger partial charge in [0.15, 0.2) is 17.5 Å². The van der Waals surface area contributed by atoms with E-state index in [2.05, 4.69) is 103 Å². The molecule has 0 saturated carbocycles. The highest BCUT2D eigenvalue weighted by molar-refractivity contribution is 6.12. The van der Waals surface area contributed by atoms with Crippen molar-refractivity contribution < 1.29 is 4.42 Å². The standard InChI is InChI=1S/C41H29N3O/c1-3-10-26(11-4-1)30-22-23-33-37(25-30)45-36-17-9-16-34(38(33)36)41-43-39(29-13-5-2-6-14-29)42-40(44-41)31-21-20-28-19-18-27-12-7-8-15-32(27)35(28)24-31/h1-7,9-14,16-25,27,32H,8,15H2. The summed E-state index contributed by atoms with van der Waals surface area (Å²) in [6.45, 7) is 0. The number of aromatic nitrogens is 3. The maximum Gasteiger partial charge on any atom is 0.164 e. The van der Waals surface area contributed by atoms with Gasteiger partial charge in [0, 0.05) is 33.4 Å². The summed E-state index contributed by atoms with van der Waals surface area (Å²) in [7, 11) is 0. The van der Waals surface area contributed by atoms with E-state index in [1.807, 2.05) is 36.4 Å². The van der Waals surface area contributed by atoms with E-state index >= 15 is 0 Å². The molecule has 0 saturated heterocycles. The van der Waals surface area contributed by atoms with Crippen LogP contribution in [0.5, 0.6) is 0 Å². The summed E-state index contributed by atoms with van der Waals surface area (Å²) >= 11 is 0. The van der Waals surface area contributed by atoms with Crippen molar-refractivity contribution in [3.05, 3.63) is 145 Å². The molecule has 9 rings (SSSR count). The number of furan rings is 1. The van der Waals surface area contributed by atoms with Crippen LogP contribution >= 0.6 is 0 Å². The number of hydrogen-bond acceptors (Lipinski definition) is 4. The first-order valence-corrected chi connectivity index (χ1v) is 15.6. The minimum absolute atomic E-state index is 0.449. The number of hydrogen-bond donors (Lipinski definition) is 0. The van der Waals surface area contributed by atoms with Gasteiger partial charge in [-0.05, 0) is 65.3 Å². The molecule has 0 N–H and O–H groups in total. The van der Waals surface area contributed by atoms with Crippen LogP contribution in [0.3, 0.4) is 0 Å². The van der Waals surface area contributed by atoms with E-state index in [4.69, 9.17) is 19.4 Å². The first kappa shape index (κ1) is 25.8. The van der Waals surface area contributed by atoms with Gasteiger partial charge in [0.2, 0.25) is 0 Å². The van der Waals surface area contributed by atoms with Crippen LogP contribution in [0.25, 0.3) is 73.3 Å². The Morgan fingerprint density at radius 2 is 1.33 bits per heavy atom. The Bertz CT molecular complexity index is 2280. The van der Waals surface area contributed by atoms with Gasteiger partial charge in [0.25, 0.3) is 0 Å². The average molecular weight is 580 g/mol. The topological polar surface area (TPSA) is 51.8 Å². The molecule has 2 aliphatic rings. The molecule has 4 heteroatoms. The van der Waals surface area contributed by atoms with E-state index < -0.39 is 0 Å². The van der Waals surface area contributed by atoms with Crippen molar-refractivity contribution in [3.63, 3.8) is 0 Å². The quantitative estimate of drug-likeness (QED) is 0.195. The molecule has 0 radical (unpaired) electrons. The second-order valence-corrected chi connectivity index (χ2v) is 11.9. The minimum atomic E-state index is 0.449. The first-order valence-electron chi connectivity index (χ1n) is 15.6. The van der Waals surface area contributed by atoms with Gasteiger partial charge in [0.05, 0.1) is 0 Å². The minimum Gasteiger partial charge on any atom is -0.456 e. The second-order valence-electron chi connectivity index (χ2n) is 11.9. The van der Waals surface area contributed by atoms with Crippen molar-refractivity contribution in [1.82, 2.24) is 15.0 Å². The fourth-order valence-corrected chi connectivity index (χ4v) is 6.98. The maximum atomic E-state index is 6.44. The van der Waals surface area contributed by atoms with Gasteiger partial charge in [-0.3, -0.25) is 0 Å². The molecule has 2 aliphatic carbocycles. The molecule has 0 spiro atoms. The van der Waals surface area contributed by atoms with Crippen LogP contribution < -0.4 is 0 Å². The van der Waals surface area contributed by atoms with E-state index in [9.17, 15) is 0 Å². The number of nitrogens with zero attached hydrogens (tertiary/aromatic N) is 3. The number of allylic oxidation sites excluding steroid dienone is 3. The highest BCUT2D eigenvalue weighted by Crippen LogP contribution is 2.42. The molecule has 0 aliphatic heterocycles. The van der Waals surface area contributed by atoms with E-state index in [0.29, 0.717) is 29.3 Å². The Balaban J connectivity index is 1.23. The van der Waals surface area contributed by atoms with E-state index in [0.717, 1.165) is 62.6 Å². The van der Waals surface area contributed by atoms with Crippen LogP contribution in [0.1, 0.15) is 29.9 Å². The van der Waals surface area contributed by atoms with Gasteiger partial charge < -0.3 is 4.42 Å². The molecule has 2 atom stereocenters. The fraction of sp³-hybridized carbons (Fsp3) is 0.0976. The van der Waals surface area contributed by atoms with Crippen molar-refractivity contribution in [2.24, 2.45) is 5.92 Å². The number of rotatable bonds is 4. The van der Waals surface area contributed by atoms with Gasteiger partial charge in [-0.1, -0.05) is 115 Å². The molecule has 7 aromatic rings. The van der Waals surface area contributed by atoms with E-state index in [1.165, 1.54) is 11.1 Å². The number of benzene rings is 5. The van der Waals surface area contributed by atoms with Crippen molar-refractivity contribution >= 4 is 28.0 Å². The molecular formula is C41H29N3O. The Morgan fingerprint density at radius 1 is 0.578 bits per heavy atom. The molecule has 4 nitrogen and oxygen atoms in total. The lowest BCUT2D eigenvalue weighted by Gasteiger charge is -2.30. The van der Waals surface area contributed by atoms with Gasteiger partial charge in [-0.2, -0.15) is 0 Å². The van der Waals surface area contributed by atoms with Crippen LogP contribution in [0.15, 0.2) is 138 Å². The van der Waals surface area contributed by atoms with Crippen LogP contribution in [0.4, 0.5) is 0 Å². The SMILES string of the molecule is C1=CC2C=Cc3ccc(-c4nc(-c5ccccc5)nc(-c5cccc6oc7cc(-c8ccccc8)ccc7c56)n4)cc3C2CC1. The maximum absolute atomic E-state index is 6.44. The lowest BCUT2D eigenvalue weighted by Crippen LogP contribution is -2.16. The lowest BCUT2D eigenvalue weighted by atomic mass is 9.74. The third-order valence-corrected chi connectivity index (χ3v) is 9.22. The molecule has 45 heavy (non-hydrogen) atoms. The van der Waals surface area contributed by atoms with Gasteiger partial charge >= 0.3 is 0 Å². The normalized spacial score (nSPS) is 17.0. The molecule has 5 aromatic carbocycles. The monoisotopic (exact) mass is 579 g/mol. The first-order chi connectivity index (χ1) is 22.3. The zero-order chi connectivity index (χ0) is 29.7. The summed E-state index contributed by atoms with van der Waals surface area (Å²) in [5, 5.41) is 2.05. The average Bonchev–Trinajstić information content (AvgIpc) is 3.50. The summed E-state index contributed by atoms with van der Waals surface area (Å²) in [5.41, 5.74) is 9.50. The lowest BCUT2D eigenvalue weighted by molar-refractivity contribution is 0.525. The molecular weight excluding hydrogens is 550 g/mol. The van der Waals surface area contributed by atoms with Crippen molar-refractivity contribution in [2.45, 2.75) is 18.8 Å². The fourth-order valence-electron chi connectivity index (χ4n) is 6.98. The van der Waals surface area contributed by atoms with Crippen LogP contribution in [-0.4, -0.2) is 15.0 Å². The van der Waals surface area contributed by atoms with Crippen LogP contribution in [-0.2, 0) is 0 Å². The van der Waals surface area contributed by atoms with E-state index in [1.54, 1.807) is 0 Å². The zero-order valence-electron chi connectivity index (χ0n) is 24.6. The predicted molar refractivity (Wildman–Crippen MR) is 182 cm³/mol. The Morgan fingerprint density at radius 3 is 2.18 bits per heavy atom. The van der Waals surface area contributed by atoms with Gasteiger partial charge in [-0.25, -0.2) is 15.0 Å².